The third-order valence-electron chi connectivity index (χ3n) is 3.47. The molecule has 0 unspecified atom stereocenters. The summed E-state index contributed by atoms with van der Waals surface area (Å²) in [5.41, 5.74) is 5.42. The summed E-state index contributed by atoms with van der Waals surface area (Å²) in [6, 6.07) is 9.44. The molecule has 114 valence electrons. The largest absolute Gasteiger partial charge is 2.00 e. The minimum Gasteiger partial charge on any atom is -0.270 e. The molecule has 0 radical (unpaired) electrons. The van der Waals surface area contributed by atoms with Gasteiger partial charge in [0.1, 0.15) is 0 Å². The molecule has 0 aromatic heterocycles. The maximum atomic E-state index is 5.54. The Kier molecular flexibility index (Phi) is 11.5. The van der Waals surface area contributed by atoms with Crippen LogP contribution in [0, 0.1) is 12.2 Å². The summed E-state index contributed by atoms with van der Waals surface area (Å²) in [6.45, 7) is 8.43. The van der Waals surface area contributed by atoms with Crippen LogP contribution in [-0.2, 0) is 26.2 Å². The Morgan fingerprint density at radius 2 is 1.18 bits per heavy atom. The van der Waals surface area contributed by atoms with Crippen molar-refractivity contribution in [2.24, 2.45) is 0 Å². The zero-order valence-electron chi connectivity index (χ0n) is 13.8. The predicted molar refractivity (Wildman–Crippen MR) is 93.1 cm³/mol. The second-order valence-electron chi connectivity index (χ2n) is 5.08. The summed E-state index contributed by atoms with van der Waals surface area (Å²) in [6.07, 6.45) is 12.8. The molecule has 0 N–H and O–H groups in total. The van der Waals surface area contributed by atoms with Crippen molar-refractivity contribution in [3.8, 4) is 0 Å². The molecule has 0 aliphatic heterocycles. The van der Waals surface area contributed by atoms with E-state index in [-0.39, 0.29) is 26.2 Å². The molecule has 0 atom stereocenters. The van der Waals surface area contributed by atoms with Gasteiger partial charge in [-0.2, -0.15) is 12.2 Å². The van der Waals surface area contributed by atoms with Gasteiger partial charge in [-0.25, -0.2) is 22.3 Å². The molecule has 1 aromatic rings. The monoisotopic (exact) mass is 388 g/mol. The van der Waals surface area contributed by atoms with Crippen LogP contribution in [0.5, 0.6) is 0 Å². The number of hydrogen-bond donors (Lipinski definition) is 0. The van der Waals surface area contributed by atoms with E-state index in [0.717, 1.165) is 17.9 Å². The van der Waals surface area contributed by atoms with Gasteiger partial charge in [0.15, 0.2) is 0 Å². The van der Waals surface area contributed by atoms with Crippen LogP contribution in [0.15, 0.2) is 64.8 Å². The van der Waals surface area contributed by atoms with E-state index >= 15 is 0 Å². The zero-order chi connectivity index (χ0) is 15.7. The maximum absolute atomic E-state index is 5.54. The van der Waals surface area contributed by atoms with Gasteiger partial charge in [0.25, 0.3) is 0 Å². The first-order valence-corrected chi connectivity index (χ1v) is 7.58. The minimum atomic E-state index is 0. The average molecular weight is 390 g/mol. The van der Waals surface area contributed by atoms with E-state index in [1.807, 2.05) is 30.3 Å². The molecule has 0 nitrogen and oxygen atoms in total. The van der Waals surface area contributed by atoms with Crippen LogP contribution >= 0.6 is 11.6 Å². The van der Waals surface area contributed by atoms with E-state index in [1.54, 1.807) is 0 Å². The normalized spacial score (nSPS) is 15.0. The topological polar surface area (TPSA) is 0 Å². The van der Waals surface area contributed by atoms with Gasteiger partial charge in [-0.15, -0.1) is 26.7 Å². The van der Waals surface area contributed by atoms with Gasteiger partial charge >= 0.3 is 26.2 Å². The third kappa shape index (κ3) is 8.71. The summed E-state index contributed by atoms with van der Waals surface area (Å²) in [4.78, 5) is 0. The third-order valence-corrected chi connectivity index (χ3v) is 3.72. The Labute approximate surface area is 159 Å². The molecule has 0 amide bonds. The van der Waals surface area contributed by atoms with Crippen molar-refractivity contribution in [3.63, 3.8) is 0 Å². The van der Waals surface area contributed by atoms with Gasteiger partial charge in [0.2, 0.25) is 0 Å². The number of allylic oxidation sites excluding steroid dienone is 8. The van der Waals surface area contributed by atoms with Gasteiger partial charge in [-0.3, -0.25) is 12.2 Å². The van der Waals surface area contributed by atoms with Crippen LogP contribution in [0.4, 0.5) is 0 Å². The van der Waals surface area contributed by atoms with Crippen LogP contribution in [0.2, 0.25) is 5.02 Å². The van der Waals surface area contributed by atoms with Crippen LogP contribution in [0.1, 0.15) is 40.5 Å². The molecule has 0 saturated heterocycles. The van der Waals surface area contributed by atoms with Crippen LogP contribution in [-0.4, -0.2) is 0 Å². The van der Waals surface area contributed by atoms with Crippen molar-refractivity contribution in [3.05, 3.63) is 82.0 Å². The van der Waals surface area contributed by atoms with Gasteiger partial charge in [0.05, 0.1) is 0 Å². The summed E-state index contributed by atoms with van der Waals surface area (Å²) >= 11 is 5.54. The first-order chi connectivity index (χ1) is 10.0. The van der Waals surface area contributed by atoms with Crippen molar-refractivity contribution in [1.82, 2.24) is 0 Å². The standard InChI is InChI=1S/2C7H9.C6H5Cl.Zr/c2*1-6-4-3-5-7(6)2;7-6-4-2-1-3-5-6;/h2*4H,3H2,1-2H3;1-5H;/q2*-1;;+2. The molecule has 0 spiro atoms. The molecule has 2 heteroatoms. The molecular formula is C20H23ClZr. The molecule has 0 bridgehead atoms. The fourth-order valence-electron chi connectivity index (χ4n) is 1.71. The summed E-state index contributed by atoms with van der Waals surface area (Å²) in [7, 11) is 0. The van der Waals surface area contributed by atoms with E-state index in [0.29, 0.717) is 0 Å². The molecule has 3 rings (SSSR count). The fourth-order valence-corrected chi connectivity index (χ4v) is 1.86. The van der Waals surface area contributed by atoms with Crippen molar-refractivity contribution in [2.75, 3.05) is 0 Å². The first-order valence-electron chi connectivity index (χ1n) is 7.20. The van der Waals surface area contributed by atoms with Crippen molar-refractivity contribution >= 4 is 11.6 Å². The maximum Gasteiger partial charge on any atom is 2.00 e. The van der Waals surface area contributed by atoms with Gasteiger partial charge in [0, 0.05) is 5.02 Å². The summed E-state index contributed by atoms with van der Waals surface area (Å²) in [5.74, 6) is 0. The van der Waals surface area contributed by atoms with E-state index in [9.17, 15) is 0 Å². The Morgan fingerprint density at radius 3 is 1.32 bits per heavy atom. The average Bonchev–Trinajstić information content (AvgIpc) is 3.02. The minimum absolute atomic E-state index is 0. The first kappa shape index (κ1) is 21.4. The molecule has 2 aliphatic rings. The Morgan fingerprint density at radius 1 is 0.773 bits per heavy atom. The smallest absolute Gasteiger partial charge is 0.270 e. The number of halogens is 1. The Balaban J connectivity index is 0.000000294. The molecule has 0 fully saturated rings. The van der Waals surface area contributed by atoms with E-state index in [1.165, 1.54) is 22.3 Å². The van der Waals surface area contributed by atoms with Gasteiger partial charge in [-0.1, -0.05) is 43.6 Å². The van der Waals surface area contributed by atoms with Crippen molar-refractivity contribution < 1.29 is 26.2 Å². The Bertz CT molecular complexity index is 497. The van der Waals surface area contributed by atoms with Crippen LogP contribution < -0.4 is 0 Å². The summed E-state index contributed by atoms with van der Waals surface area (Å²) in [5, 5.41) is 0.794. The predicted octanol–water partition coefficient (Wildman–Crippen LogP) is 6.51. The molecule has 0 heterocycles. The van der Waals surface area contributed by atoms with Crippen molar-refractivity contribution in [1.29, 1.82) is 0 Å². The van der Waals surface area contributed by atoms with Crippen LogP contribution in [0.25, 0.3) is 0 Å². The number of rotatable bonds is 0. The molecule has 0 saturated carbocycles. The van der Waals surface area contributed by atoms with Crippen molar-refractivity contribution in [2.45, 2.75) is 40.5 Å². The van der Waals surface area contributed by atoms with Gasteiger partial charge < -0.3 is 0 Å². The number of hydrogen-bond acceptors (Lipinski definition) is 0. The van der Waals surface area contributed by atoms with E-state index in [2.05, 4.69) is 52.0 Å². The zero-order valence-corrected chi connectivity index (χ0v) is 17.0. The van der Waals surface area contributed by atoms with Crippen LogP contribution in [0.3, 0.4) is 0 Å². The Hall–Kier alpha value is -0.647. The van der Waals surface area contributed by atoms with E-state index in [4.69, 9.17) is 11.6 Å². The molecule has 2 aliphatic carbocycles. The van der Waals surface area contributed by atoms with Gasteiger partial charge in [-0.05, 0) is 12.1 Å². The van der Waals surface area contributed by atoms with E-state index < -0.39 is 0 Å². The number of benzene rings is 1. The molecular weight excluding hydrogens is 367 g/mol. The SMILES string of the molecule is CC1=[C-]CC=C1C.CC1=[C-]CC=C1C.Clc1ccccc1.[Zr+2]. The second kappa shape index (κ2) is 11.9. The molecule has 22 heavy (non-hydrogen) atoms. The summed E-state index contributed by atoms with van der Waals surface area (Å²) < 4.78 is 0. The fraction of sp³-hybridized carbons (Fsp3) is 0.300. The second-order valence-corrected chi connectivity index (χ2v) is 5.52. The molecule has 1 aromatic carbocycles. The quantitative estimate of drug-likeness (QED) is 0.443.